The van der Waals surface area contributed by atoms with E-state index in [4.69, 9.17) is 4.74 Å². The Bertz CT molecular complexity index is 286. The fraction of sp³-hybridized carbons (Fsp3) is 0.727. The van der Waals surface area contributed by atoms with Gasteiger partial charge in [-0.1, -0.05) is 6.92 Å². The number of aliphatic hydroxyl groups is 1. The van der Waals surface area contributed by atoms with Gasteiger partial charge in [0.2, 0.25) is 0 Å². The maximum absolute atomic E-state index is 9.82. The molecule has 86 valence electrons. The Balaban J connectivity index is 2.34. The van der Waals surface area contributed by atoms with Crippen molar-refractivity contribution < 1.29 is 9.84 Å². The molecule has 4 nitrogen and oxygen atoms in total. The van der Waals surface area contributed by atoms with Gasteiger partial charge in [-0.05, 0) is 6.42 Å². The van der Waals surface area contributed by atoms with E-state index in [1.54, 1.807) is 13.3 Å². The first-order valence-electron chi connectivity index (χ1n) is 5.28. The van der Waals surface area contributed by atoms with Gasteiger partial charge < -0.3 is 14.4 Å². The smallest absolute Gasteiger partial charge is 0.108 e. The molecule has 0 aliphatic rings. The maximum atomic E-state index is 9.82. The standard InChI is InChI=1S/C11H20N2O2/c1-9(8-15-3)10(14)4-5-11-12-6-7-13(11)2/h6-7,9-10,14H,4-5,8H2,1-3H3. The molecule has 1 N–H and O–H groups in total. The normalized spacial score (nSPS) is 15.2. The highest BCUT2D eigenvalue weighted by Crippen LogP contribution is 2.10. The molecule has 1 aromatic rings. The number of imidazole rings is 1. The molecular weight excluding hydrogens is 192 g/mol. The minimum atomic E-state index is -0.318. The van der Waals surface area contributed by atoms with E-state index in [-0.39, 0.29) is 12.0 Å². The maximum Gasteiger partial charge on any atom is 0.108 e. The van der Waals surface area contributed by atoms with Crippen LogP contribution in [0.4, 0.5) is 0 Å². The van der Waals surface area contributed by atoms with Crippen LogP contribution in [0.15, 0.2) is 12.4 Å². The highest BCUT2D eigenvalue weighted by Gasteiger charge is 2.14. The summed E-state index contributed by atoms with van der Waals surface area (Å²) in [6.45, 7) is 2.59. The molecular formula is C11H20N2O2. The van der Waals surface area contributed by atoms with Gasteiger partial charge in [0, 0.05) is 38.9 Å². The van der Waals surface area contributed by atoms with Crippen LogP contribution in [0.2, 0.25) is 0 Å². The zero-order chi connectivity index (χ0) is 11.3. The third-order valence-corrected chi connectivity index (χ3v) is 2.67. The van der Waals surface area contributed by atoms with Crippen molar-refractivity contribution >= 4 is 0 Å². The molecule has 0 spiro atoms. The van der Waals surface area contributed by atoms with Crippen molar-refractivity contribution in [3.05, 3.63) is 18.2 Å². The summed E-state index contributed by atoms with van der Waals surface area (Å²) in [5.74, 6) is 1.19. The van der Waals surface area contributed by atoms with Gasteiger partial charge in [-0.2, -0.15) is 0 Å². The Morgan fingerprint density at radius 3 is 2.87 bits per heavy atom. The van der Waals surface area contributed by atoms with Crippen molar-refractivity contribution in [1.82, 2.24) is 9.55 Å². The molecule has 1 heterocycles. The number of hydrogen-bond acceptors (Lipinski definition) is 3. The topological polar surface area (TPSA) is 47.3 Å². The van der Waals surface area contributed by atoms with Crippen LogP contribution in [0, 0.1) is 5.92 Å². The summed E-state index contributed by atoms with van der Waals surface area (Å²) in [5.41, 5.74) is 0. The summed E-state index contributed by atoms with van der Waals surface area (Å²) in [7, 11) is 3.62. The van der Waals surface area contributed by atoms with Crippen LogP contribution in [0.25, 0.3) is 0 Å². The van der Waals surface area contributed by atoms with Crippen LogP contribution in [0.3, 0.4) is 0 Å². The minimum Gasteiger partial charge on any atom is -0.393 e. The van der Waals surface area contributed by atoms with Crippen LogP contribution < -0.4 is 0 Å². The SMILES string of the molecule is COCC(C)C(O)CCc1nccn1C. The quantitative estimate of drug-likeness (QED) is 0.765. The molecule has 1 aromatic heterocycles. The first-order valence-corrected chi connectivity index (χ1v) is 5.28. The number of nitrogens with zero attached hydrogens (tertiary/aromatic N) is 2. The van der Waals surface area contributed by atoms with E-state index in [0.717, 1.165) is 18.7 Å². The third kappa shape index (κ3) is 3.64. The van der Waals surface area contributed by atoms with Crippen LogP contribution in [-0.4, -0.2) is 34.5 Å². The summed E-state index contributed by atoms with van der Waals surface area (Å²) in [4.78, 5) is 4.21. The molecule has 0 aliphatic heterocycles. The van der Waals surface area contributed by atoms with E-state index in [1.165, 1.54) is 0 Å². The van der Waals surface area contributed by atoms with Gasteiger partial charge in [0.15, 0.2) is 0 Å². The van der Waals surface area contributed by atoms with Crippen molar-refractivity contribution in [2.24, 2.45) is 13.0 Å². The Hall–Kier alpha value is -0.870. The minimum absolute atomic E-state index is 0.176. The molecule has 2 unspecified atom stereocenters. The summed E-state index contributed by atoms with van der Waals surface area (Å²) in [6.07, 6.45) is 4.91. The molecule has 0 amide bonds. The van der Waals surface area contributed by atoms with Crippen molar-refractivity contribution in [1.29, 1.82) is 0 Å². The van der Waals surface area contributed by atoms with E-state index in [0.29, 0.717) is 6.61 Å². The number of aryl methyl sites for hydroxylation is 2. The number of aromatic nitrogens is 2. The average Bonchev–Trinajstić information content (AvgIpc) is 2.61. The van der Waals surface area contributed by atoms with Gasteiger partial charge in [0.1, 0.15) is 5.82 Å². The summed E-state index contributed by atoms with van der Waals surface area (Å²) < 4.78 is 6.98. The molecule has 0 saturated heterocycles. The molecule has 15 heavy (non-hydrogen) atoms. The van der Waals surface area contributed by atoms with Crippen LogP contribution in [0.1, 0.15) is 19.2 Å². The molecule has 2 atom stereocenters. The average molecular weight is 212 g/mol. The molecule has 0 saturated carbocycles. The fourth-order valence-electron chi connectivity index (χ4n) is 1.57. The van der Waals surface area contributed by atoms with Crippen LogP contribution in [0.5, 0.6) is 0 Å². The lowest BCUT2D eigenvalue weighted by atomic mass is 10.0. The number of aliphatic hydroxyl groups excluding tert-OH is 1. The van der Waals surface area contributed by atoms with Crippen molar-refractivity contribution in [3.8, 4) is 0 Å². The number of methoxy groups -OCH3 is 1. The van der Waals surface area contributed by atoms with Gasteiger partial charge in [-0.25, -0.2) is 4.98 Å². The van der Waals surface area contributed by atoms with E-state index in [1.807, 2.05) is 24.7 Å². The number of hydrogen-bond donors (Lipinski definition) is 1. The molecule has 0 radical (unpaired) electrons. The third-order valence-electron chi connectivity index (χ3n) is 2.67. The second-order valence-electron chi connectivity index (χ2n) is 3.99. The zero-order valence-corrected chi connectivity index (χ0v) is 9.68. The Labute approximate surface area is 90.9 Å². The predicted molar refractivity (Wildman–Crippen MR) is 58.6 cm³/mol. The van der Waals surface area contributed by atoms with E-state index in [2.05, 4.69) is 4.98 Å². The van der Waals surface area contributed by atoms with Gasteiger partial charge >= 0.3 is 0 Å². The summed E-state index contributed by atoms with van der Waals surface area (Å²) in [5, 5.41) is 9.82. The van der Waals surface area contributed by atoms with Crippen LogP contribution in [-0.2, 0) is 18.2 Å². The molecule has 0 fully saturated rings. The van der Waals surface area contributed by atoms with Gasteiger partial charge in [-0.3, -0.25) is 0 Å². The number of rotatable bonds is 6. The molecule has 1 rings (SSSR count). The van der Waals surface area contributed by atoms with E-state index >= 15 is 0 Å². The van der Waals surface area contributed by atoms with E-state index < -0.39 is 0 Å². The Morgan fingerprint density at radius 2 is 2.33 bits per heavy atom. The summed E-state index contributed by atoms with van der Waals surface area (Å²) in [6, 6.07) is 0. The van der Waals surface area contributed by atoms with Crippen molar-refractivity contribution in [2.45, 2.75) is 25.9 Å². The second-order valence-corrected chi connectivity index (χ2v) is 3.99. The lowest BCUT2D eigenvalue weighted by Gasteiger charge is -2.17. The van der Waals surface area contributed by atoms with Gasteiger partial charge in [0.25, 0.3) is 0 Å². The monoisotopic (exact) mass is 212 g/mol. The highest BCUT2D eigenvalue weighted by molar-refractivity contribution is 4.91. The first kappa shape index (κ1) is 12.2. The van der Waals surface area contributed by atoms with Crippen LogP contribution >= 0.6 is 0 Å². The molecule has 4 heteroatoms. The first-order chi connectivity index (χ1) is 7.15. The fourth-order valence-corrected chi connectivity index (χ4v) is 1.57. The summed E-state index contributed by atoms with van der Waals surface area (Å²) >= 11 is 0. The van der Waals surface area contributed by atoms with Crippen molar-refractivity contribution in [2.75, 3.05) is 13.7 Å². The molecule has 0 aromatic carbocycles. The lowest BCUT2D eigenvalue weighted by Crippen LogP contribution is -2.22. The Kier molecular flexibility index (Phi) is 4.78. The molecule has 0 aliphatic carbocycles. The predicted octanol–water partition coefficient (Wildman–Crippen LogP) is 0.996. The second kappa shape index (κ2) is 5.88. The zero-order valence-electron chi connectivity index (χ0n) is 9.68. The van der Waals surface area contributed by atoms with Gasteiger partial charge in [0.05, 0.1) is 12.7 Å². The highest BCUT2D eigenvalue weighted by atomic mass is 16.5. The Morgan fingerprint density at radius 1 is 1.60 bits per heavy atom. The van der Waals surface area contributed by atoms with Crippen molar-refractivity contribution in [3.63, 3.8) is 0 Å². The molecule has 0 bridgehead atoms. The lowest BCUT2D eigenvalue weighted by molar-refractivity contribution is 0.0518. The largest absolute Gasteiger partial charge is 0.393 e. The number of ether oxygens (including phenoxy) is 1. The van der Waals surface area contributed by atoms with Gasteiger partial charge in [-0.15, -0.1) is 0 Å². The van der Waals surface area contributed by atoms with E-state index in [9.17, 15) is 5.11 Å².